The van der Waals surface area contributed by atoms with Gasteiger partial charge in [0.25, 0.3) is 0 Å². The third-order valence-corrected chi connectivity index (χ3v) is 4.93. The van der Waals surface area contributed by atoms with Crippen LogP contribution in [-0.2, 0) is 11.2 Å². The highest BCUT2D eigenvalue weighted by atomic mass is 16.5. The third-order valence-electron chi connectivity index (χ3n) is 4.93. The molecule has 0 radical (unpaired) electrons. The molecule has 1 aromatic rings. The average Bonchev–Trinajstić information content (AvgIpc) is 3.01. The van der Waals surface area contributed by atoms with Crippen molar-refractivity contribution in [3.63, 3.8) is 0 Å². The number of nitrogens with zero attached hydrogens (tertiary/aromatic N) is 1. The molecule has 112 valence electrons. The van der Waals surface area contributed by atoms with Gasteiger partial charge in [0.1, 0.15) is 12.4 Å². The third kappa shape index (κ3) is 2.40. The quantitative estimate of drug-likeness (QED) is 0.792. The van der Waals surface area contributed by atoms with Crippen molar-refractivity contribution in [3.05, 3.63) is 29.8 Å². The van der Waals surface area contributed by atoms with Crippen LogP contribution >= 0.6 is 0 Å². The number of piperidine rings is 1. The van der Waals surface area contributed by atoms with E-state index in [1.807, 2.05) is 23.1 Å². The second-order valence-corrected chi connectivity index (χ2v) is 6.28. The van der Waals surface area contributed by atoms with Gasteiger partial charge in [-0.3, -0.25) is 15.6 Å². The fourth-order valence-electron chi connectivity index (χ4n) is 3.70. The molecule has 0 aliphatic carbocycles. The molecule has 0 aromatic heterocycles. The molecule has 5 nitrogen and oxygen atoms in total. The highest BCUT2D eigenvalue weighted by Gasteiger charge is 2.37. The number of para-hydroxylation sites is 1. The first kappa shape index (κ1) is 13.1. The number of hydrazine groups is 1. The van der Waals surface area contributed by atoms with Gasteiger partial charge in [-0.05, 0) is 24.5 Å². The summed E-state index contributed by atoms with van der Waals surface area (Å²) in [5, 5.41) is 0. The number of benzene rings is 1. The lowest BCUT2D eigenvalue weighted by molar-refractivity contribution is -0.138. The van der Waals surface area contributed by atoms with Crippen LogP contribution in [0.2, 0.25) is 0 Å². The van der Waals surface area contributed by atoms with Crippen molar-refractivity contribution in [2.24, 2.45) is 11.8 Å². The van der Waals surface area contributed by atoms with Gasteiger partial charge < -0.3 is 9.64 Å². The van der Waals surface area contributed by atoms with Crippen LogP contribution in [0.4, 0.5) is 0 Å². The van der Waals surface area contributed by atoms with Crippen molar-refractivity contribution in [2.75, 3.05) is 26.2 Å². The minimum atomic E-state index is -0.0289. The van der Waals surface area contributed by atoms with Crippen molar-refractivity contribution in [3.8, 4) is 5.75 Å². The van der Waals surface area contributed by atoms with Gasteiger partial charge in [0.05, 0.1) is 5.92 Å². The van der Waals surface area contributed by atoms with Gasteiger partial charge in [-0.2, -0.15) is 0 Å². The Bertz CT molecular complexity index is 548. The number of carbonyl (C=O) groups is 1. The first-order valence-corrected chi connectivity index (χ1v) is 7.79. The van der Waals surface area contributed by atoms with E-state index >= 15 is 0 Å². The number of amides is 1. The predicted molar refractivity (Wildman–Crippen MR) is 78.7 cm³/mol. The van der Waals surface area contributed by atoms with E-state index in [4.69, 9.17) is 4.74 Å². The summed E-state index contributed by atoms with van der Waals surface area (Å²) in [4.78, 5) is 14.8. The maximum atomic E-state index is 12.8. The molecule has 21 heavy (non-hydrogen) atoms. The van der Waals surface area contributed by atoms with Crippen molar-refractivity contribution < 1.29 is 9.53 Å². The van der Waals surface area contributed by atoms with Crippen molar-refractivity contribution in [1.29, 1.82) is 0 Å². The maximum absolute atomic E-state index is 12.8. The Morgan fingerprint density at radius 1 is 1.33 bits per heavy atom. The molecule has 2 N–H and O–H groups in total. The fourth-order valence-corrected chi connectivity index (χ4v) is 3.70. The molecule has 1 aromatic carbocycles. The van der Waals surface area contributed by atoms with E-state index in [-0.39, 0.29) is 11.8 Å². The van der Waals surface area contributed by atoms with E-state index in [1.165, 1.54) is 0 Å². The van der Waals surface area contributed by atoms with Crippen LogP contribution in [0.5, 0.6) is 5.75 Å². The number of likely N-dealkylation sites (tertiary alicyclic amines) is 1. The molecule has 0 bridgehead atoms. The molecule has 3 aliphatic heterocycles. The van der Waals surface area contributed by atoms with Gasteiger partial charge in [0.2, 0.25) is 5.91 Å². The fraction of sp³-hybridized carbons (Fsp3) is 0.562. The summed E-state index contributed by atoms with van der Waals surface area (Å²) >= 11 is 0. The predicted octanol–water partition coefficient (Wildman–Crippen LogP) is 0.563. The van der Waals surface area contributed by atoms with Crippen molar-refractivity contribution >= 4 is 5.91 Å². The van der Waals surface area contributed by atoms with Crippen LogP contribution in [0.1, 0.15) is 12.0 Å². The van der Waals surface area contributed by atoms with Gasteiger partial charge in [0, 0.05) is 31.6 Å². The smallest absolute Gasteiger partial charge is 0.229 e. The normalized spacial score (nSPS) is 31.2. The largest absolute Gasteiger partial charge is 0.492 e. The summed E-state index contributed by atoms with van der Waals surface area (Å²) in [5.74, 6) is 1.71. The summed E-state index contributed by atoms with van der Waals surface area (Å²) in [7, 11) is 0. The standard InChI is InChI=1S/C16H21N3O2/c20-16(19-6-5-14-13(9-19)8-17-18-14)12-7-11-3-1-2-4-15(11)21-10-12/h1-4,12-14,17-18H,5-10H2. The molecule has 3 unspecified atom stereocenters. The van der Waals surface area contributed by atoms with E-state index in [1.54, 1.807) is 0 Å². The molecule has 4 rings (SSSR count). The Balaban J connectivity index is 1.44. The summed E-state index contributed by atoms with van der Waals surface area (Å²) in [5.41, 5.74) is 7.66. The minimum absolute atomic E-state index is 0.0289. The number of hydrogen-bond donors (Lipinski definition) is 2. The van der Waals surface area contributed by atoms with Crippen LogP contribution in [0.25, 0.3) is 0 Å². The second-order valence-electron chi connectivity index (χ2n) is 6.28. The lowest BCUT2D eigenvalue weighted by Gasteiger charge is -2.37. The van der Waals surface area contributed by atoms with E-state index in [0.29, 0.717) is 18.6 Å². The van der Waals surface area contributed by atoms with Crippen LogP contribution in [0, 0.1) is 11.8 Å². The lowest BCUT2D eigenvalue weighted by atomic mass is 9.91. The Labute approximate surface area is 124 Å². The molecular formula is C16H21N3O2. The molecular weight excluding hydrogens is 266 g/mol. The Morgan fingerprint density at radius 3 is 3.19 bits per heavy atom. The zero-order valence-corrected chi connectivity index (χ0v) is 12.0. The topological polar surface area (TPSA) is 53.6 Å². The molecule has 1 amide bonds. The Kier molecular flexibility index (Phi) is 3.31. The summed E-state index contributed by atoms with van der Waals surface area (Å²) in [6.07, 6.45) is 1.84. The highest BCUT2D eigenvalue weighted by Crippen LogP contribution is 2.29. The molecule has 3 atom stereocenters. The van der Waals surface area contributed by atoms with Gasteiger partial charge in [0.15, 0.2) is 0 Å². The average molecular weight is 287 g/mol. The van der Waals surface area contributed by atoms with Gasteiger partial charge in [-0.1, -0.05) is 18.2 Å². The van der Waals surface area contributed by atoms with E-state index in [2.05, 4.69) is 16.9 Å². The Hall–Kier alpha value is -1.59. The molecule has 3 heterocycles. The summed E-state index contributed by atoms with van der Waals surface area (Å²) in [6.45, 7) is 3.18. The van der Waals surface area contributed by atoms with Gasteiger partial charge >= 0.3 is 0 Å². The zero-order chi connectivity index (χ0) is 14.2. The van der Waals surface area contributed by atoms with Gasteiger partial charge in [-0.25, -0.2) is 0 Å². The number of fused-ring (bicyclic) bond motifs is 2. The number of hydrogen-bond acceptors (Lipinski definition) is 4. The van der Waals surface area contributed by atoms with E-state index in [9.17, 15) is 4.79 Å². The molecule has 2 saturated heterocycles. The monoisotopic (exact) mass is 287 g/mol. The maximum Gasteiger partial charge on any atom is 0.229 e. The molecule has 3 aliphatic rings. The number of rotatable bonds is 1. The first-order valence-electron chi connectivity index (χ1n) is 7.79. The number of ether oxygens (including phenoxy) is 1. The number of nitrogens with one attached hydrogen (secondary N) is 2. The molecule has 0 saturated carbocycles. The molecule has 5 heteroatoms. The number of carbonyl (C=O) groups excluding carboxylic acids is 1. The van der Waals surface area contributed by atoms with Crippen LogP contribution in [0.3, 0.4) is 0 Å². The summed E-state index contributed by atoms with van der Waals surface area (Å²) in [6, 6.07) is 8.56. The lowest BCUT2D eigenvalue weighted by Crippen LogP contribution is -2.50. The van der Waals surface area contributed by atoms with Crippen LogP contribution in [0.15, 0.2) is 24.3 Å². The summed E-state index contributed by atoms with van der Waals surface area (Å²) < 4.78 is 5.76. The highest BCUT2D eigenvalue weighted by molar-refractivity contribution is 5.80. The van der Waals surface area contributed by atoms with Crippen LogP contribution < -0.4 is 15.6 Å². The SMILES string of the molecule is O=C(C1COc2ccccc2C1)N1CCC2NNCC2C1. The van der Waals surface area contributed by atoms with E-state index in [0.717, 1.165) is 43.8 Å². The second kappa shape index (κ2) is 5.31. The minimum Gasteiger partial charge on any atom is -0.492 e. The van der Waals surface area contributed by atoms with E-state index < -0.39 is 0 Å². The van der Waals surface area contributed by atoms with Gasteiger partial charge in [-0.15, -0.1) is 0 Å². The first-order chi connectivity index (χ1) is 10.3. The molecule has 0 spiro atoms. The Morgan fingerprint density at radius 2 is 2.24 bits per heavy atom. The van der Waals surface area contributed by atoms with Crippen molar-refractivity contribution in [2.45, 2.75) is 18.9 Å². The van der Waals surface area contributed by atoms with Crippen molar-refractivity contribution in [1.82, 2.24) is 15.8 Å². The van der Waals surface area contributed by atoms with Crippen LogP contribution in [-0.4, -0.2) is 43.1 Å². The zero-order valence-electron chi connectivity index (χ0n) is 12.0. The molecule has 2 fully saturated rings.